The fourth-order valence-electron chi connectivity index (χ4n) is 4.26. The molecule has 0 aliphatic carbocycles. The molecule has 0 radical (unpaired) electrons. The summed E-state index contributed by atoms with van der Waals surface area (Å²) in [5.41, 5.74) is 1.21. The maximum atomic E-state index is 12.4. The van der Waals surface area contributed by atoms with Gasteiger partial charge in [-0.05, 0) is 64.4 Å². The van der Waals surface area contributed by atoms with E-state index < -0.39 is 14.6 Å². The van der Waals surface area contributed by atoms with E-state index in [1.165, 1.54) is 18.4 Å². The molecule has 1 unspecified atom stereocenters. The first-order valence-corrected chi connectivity index (χ1v) is 12.6. The van der Waals surface area contributed by atoms with E-state index >= 15 is 0 Å². The van der Waals surface area contributed by atoms with E-state index in [1.807, 2.05) is 19.1 Å². The van der Waals surface area contributed by atoms with E-state index in [9.17, 15) is 8.42 Å². The van der Waals surface area contributed by atoms with Crippen LogP contribution in [0.5, 0.6) is 5.75 Å². The quantitative estimate of drug-likeness (QED) is 0.545. The number of nitrogens with one attached hydrogen (secondary N) is 1. The molecular formula is C22H36N4O3S. The number of nitrogens with zero attached hydrogens (tertiary/aromatic N) is 3. The molecule has 7 nitrogen and oxygen atoms in total. The predicted octanol–water partition coefficient (Wildman–Crippen LogP) is 2.31. The summed E-state index contributed by atoms with van der Waals surface area (Å²) >= 11 is 0. The van der Waals surface area contributed by atoms with Crippen molar-refractivity contribution in [2.75, 3.05) is 52.1 Å². The lowest BCUT2D eigenvalue weighted by atomic mass is 10.1. The van der Waals surface area contributed by atoms with Gasteiger partial charge in [-0.15, -0.1) is 0 Å². The van der Waals surface area contributed by atoms with Gasteiger partial charge in [-0.1, -0.05) is 12.1 Å². The number of aliphatic imine (C=N–C) groups is 1. The van der Waals surface area contributed by atoms with Crippen molar-refractivity contribution >= 4 is 15.8 Å². The van der Waals surface area contributed by atoms with Gasteiger partial charge in [-0.2, -0.15) is 0 Å². The van der Waals surface area contributed by atoms with E-state index in [-0.39, 0.29) is 11.8 Å². The second kappa shape index (κ2) is 9.56. The minimum Gasteiger partial charge on any atom is -0.497 e. The summed E-state index contributed by atoms with van der Waals surface area (Å²) in [5, 5.41) is 3.38. The molecule has 3 rings (SSSR count). The molecule has 1 atom stereocenters. The number of rotatable bonds is 6. The third-order valence-corrected chi connectivity index (χ3v) is 8.68. The lowest BCUT2D eigenvalue weighted by Crippen LogP contribution is -2.57. The second-order valence-corrected chi connectivity index (χ2v) is 11.5. The maximum Gasteiger partial charge on any atom is 0.194 e. The molecule has 2 heterocycles. The van der Waals surface area contributed by atoms with E-state index in [1.54, 1.807) is 21.0 Å². The number of guanidine groups is 1. The number of hydrogen-bond acceptors (Lipinski definition) is 5. The molecule has 30 heavy (non-hydrogen) atoms. The average Bonchev–Trinajstić information content (AvgIpc) is 3.24. The molecule has 2 aliphatic rings. The molecule has 2 aliphatic heterocycles. The first kappa shape index (κ1) is 22.9. The topological polar surface area (TPSA) is 74.2 Å². The molecule has 0 saturated carbocycles. The van der Waals surface area contributed by atoms with Gasteiger partial charge in [-0.3, -0.25) is 9.89 Å². The Balaban J connectivity index is 1.84. The summed E-state index contributed by atoms with van der Waals surface area (Å²) in [6.07, 6.45) is 2.42. The Labute approximate surface area is 181 Å². The molecule has 2 fully saturated rings. The Kier molecular flexibility index (Phi) is 7.29. The van der Waals surface area contributed by atoms with Gasteiger partial charge in [0.25, 0.3) is 0 Å². The highest BCUT2D eigenvalue weighted by molar-refractivity contribution is 7.92. The summed E-state index contributed by atoms with van der Waals surface area (Å²) in [5.74, 6) is 1.82. The van der Waals surface area contributed by atoms with E-state index in [2.05, 4.69) is 27.2 Å². The molecule has 0 spiro atoms. The maximum absolute atomic E-state index is 12.4. The van der Waals surface area contributed by atoms with Gasteiger partial charge in [0.15, 0.2) is 15.8 Å². The van der Waals surface area contributed by atoms with Crippen molar-refractivity contribution in [2.24, 2.45) is 4.99 Å². The Morgan fingerprint density at radius 2 is 2.00 bits per heavy atom. The first-order chi connectivity index (χ1) is 14.3. The molecule has 0 bridgehead atoms. The van der Waals surface area contributed by atoms with Gasteiger partial charge in [0.1, 0.15) is 5.75 Å². The number of ether oxygens (including phenoxy) is 1. The van der Waals surface area contributed by atoms with Gasteiger partial charge in [0, 0.05) is 19.6 Å². The number of hydrogen-bond donors (Lipinski definition) is 1. The third-order valence-electron chi connectivity index (χ3n) is 6.15. The largest absolute Gasteiger partial charge is 0.497 e. The third kappa shape index (κ3) is 5.09. The monoisotopic (exact) mass is 436 g/mol. The Morgan fingerprint density at radius 1 is 1.27 bits per heavy atom. The van der Waals surface area contributed by atoms with Gasteiger partial charge in [-0.25, -0.2) is 8.42 Å². The normalized spacial score (nSPS) is 22.7. The smallest absolute Gasteiger partial charge is 0.194 e. The van der Waals surface area contributed by atoms with Crippen LogP contribution in [0, 0.1) is 0 Å². The zero-order chi connectivity index (χ0) is 21.8. The molecular weight excluding hydrogens is 400 g/mol. The van der Waals surface area contributed by atoms with Crippen LogP contribution in [-0.2, 0) is 9.84 Å². The fourth-order valence-corrected chi connectivity index (χ4v) is 5.62. The zero-order valence-electron chi connectivity index (χ0n) is 18.7. The molecule has 168 valence electrons. The number of likely N-dealkylation sites (tertiary alicyclic amines) is 1. The second-order valence-electron chi connectivity index (χ2n) is 8.73. The van der Waals surface area contributed by atoms with Crippen molar-refractivity contribution in [3.8, 4) is 5.75 Å². The van der Waals surface area contributed by atoms with E-state index in [4.69, 9.17) is 9.73 Å². The highest BCUT2D eigenvalue weighted by Gasteiger charge is 2.41. The van der Waals surface area contributed by atoms with Crippen molar-refractivity contribution in [2.45, 2.75) is 44.4 Å². The van der Waals surface area contributed by atoms with Crippen LogP contribution in [0.3, 0.4) is 0 Å². The van der Waals surface area contributed by atoms with Crippen LogP contribution < -0.4 is 10.1 Å². The predicted molar refractivity (Wildman–Crippen MR) is 122 cm³/mol. The van der Waals surface area contributed by atoms with Crippen LogP contribution in [0.25, 0.3) is 0 Å². The van der Waals surface area contributed by atoms with Crippen LogP contribution in [0.4, 0.5) is 0 Å². The van der Waals surface area contributed by atoms with Gasteiger partial charge >= 0.3 is 0 Å². The van der Waals surface area contributed by atoms with Crippen LogP contribution >= 0.6 is 0 Å². The number of methoxy groups -OCH3 is 1. The van der Waals surface area contributed by atoms with E-state index in [0.717, 1.165) is 31.3 Å². The minimum absolute atomic E-state index is 0.163. The Bertz CT molecular complexity index is 848. The SMILES string of the molecule is CCNC(=NCC(c1cccc(OC)c1)N1CCCC1)N1CCS(=O)(=O)C(C)(C)C1. The van der Waals surface area contributed by atoms with Crippen LogP contribution in [0.2, 0.25) is 0 Å². The van der Waals surface area contributed by atoms with Crippen LogP contribution in [0.15, 0.2) is 29.3 Å². The van der Waals surface area contributed by atoms with Crippen molar-refractivity contribution in [3.05, 3.63) is 29.8 Å². The number of benzene rings is 1. The summed E-state index contributed by atoms with van der Waals surface area (Å²) in [4.78, 5) is 9.57. The van der Waals surface area contributed by atoms with Crippen molar-refractivity contribution in [3.63, 3.8) is 0 Å². The molecule has 1 N–H and O–H groups in total. The summed E-state index contributed by atoms with van der Waals surface area (Å²) in [6.45, 7) is 10.1. The highest BCUT2D eigenvalue weighted by atomic mass is 32.2. The summed E-state index contributed by atoms with van der Waals surface area (Å²) in [7, 11) is -1.39. The molecule has 2 saturated heterocycles. The van der Waals surface area contributed by atoms with Crippen molar-refractivity contribution < 1.29 is 13.2 Å². The summed E-state index contributed by atoms with van der Waals surface area (Å²) in [6, 6.07) is 8.42. The van der Waals surface area contributed by atoms with Crippen LogP contribution in [0.1, 0.15) is 45.2 Å². The standard InChI is InChI=1S/C22H36N4O3S/c1-5-23-21(26-13-14-30(27,28)22(2,3)17-26)24-16-20(25-11-6-7-12-25)18-9-8-10-19(15-18)29-4/h8-10,15,20H,5-7,11-14,16-17H2,1-4H3,(H,23,24). The molecule has 1 aromatic rings. The highest BCUT2D eigenvalue weighted by Crippen LogP contribution is 2.28. The van der Waals surface area contributed by atoms with E-state index in [0.29, 0.717) is 19.6 Å². The summed E-state index contributed by atoms with van der Waals surface area (Å²) < 4.78 is 29.5. The Hall–Kier alpha value is -1.80. The molecule has 0 aromatic heterocycles. The first-order valence-electron chi connectivity index (χ1n) is 10.9. The number of sulfone groups is 1. The van der Waals surface area contributed by atoms with Crippen molar-refractivity contribution in [1.82, 2.24) is 15.1 Å². The van der Waals surface area contributed by atoms with Gasteiger partial charge in [0.05, 0.1) is 30.2 Å². The minimum atomic E-state index is -3.08. The fraction of sp³-hybridized carbons (Fsp3) is 0.682. The molecule has 1 aromatic carbocycles. The zero-order valence-corrected chi connectivity index (χ0v) is 19.5. The Morgan fingerprint density at radius 3 is 2.63 bits per heavy atom. The average molecular weight is 437 g/mol. The lowest BCUT2D eigenvalue weighted by Gasteiger charge is -2.39. The lowest BCUT2D eigenvalue weighted by molar-refractivity contribution is 0.250. The molecule has 8 heteroatoms. The van der Waals surface area contributed by atoms with Crippen LogP contribution in [-0.4, -0.2) is 81.1 Å². The van der Waals surface area contributed by atoms with Crippen molar-refractivity contribution in [1.29, 1.82) is 0 Å². The van der Waals surface area contributed by atoms with Gasteiger partial charge in [0.2, 0.25) is 0 Å². The van der Waals surface area contributed by atoms with Gasteiger partial charge < -0.3 is 15.0 Å². The molecule has 0 amide bonds.